The lowest BCUT2D eigenvalue weighted by atomic mass is 9.96. The van der Waals surface area contributed by atoms with Crippen molar-refractivity contribution in [2.24, 2.45) is 0 Å². The number of rotatable bonds is 12. The molecule has 0 heterocycles. The van der Waals surface area contributed by atoms with E-state index in [1.54, 1.807) is 13.8 Å². The van der Waals surface area contributed by atoms with Gasteiger partial charge >= 0.3 is 5.97 Å². The van der Waals surface area contributed by atoms with E-state index in [-0.39, 0.29) is 24.9 Å². The van der Waals surface area contributed by atoms with Gasteiger partial charge in [0, 0.05) is 12.5 Å². The number of carbonyl (C=O) groups is 2. The Morgan fingerprint density at radius 2 is 1.43 bits per heavy atom. The summed E-state index contributed by atoms with van der Waals surface area (Å²) < 4.78 is 17.1. The fourth-order valence-corrected chi connectivity index (χ4v) is 3.63. The number of carbonyl (C=O) groups excluding carboxylic acids is 2. The molecule has 0 aliphatic rings. The van der Waals surface area contributed by atoms with Gasteiger partial charge in [-0.2, -0.15) is 0 Å². The number of ether oxygens (including phenoxy) is 3. The van der Waals surface area contributed by atoms with Gasteiger partial charge in [0.25, 0.3) is 0 Å². The molecule has 0 aromatic heterocycles. The Hall–Kier alpha value is -3.80. The smallest absolute Gasteiger partial charge is 0.328 e. The molecule has 0 radical (unpaired) electrons. The molecular formula is C29H33NO5. The van der Waals surface area contributed by atoms with Crippen molar-refractivity contribution in [3.8, 4) is 11.5 Å². The molecule has 0 fully saturated rings. The monoisotopic (exact) mass is 475 g/mol. The molecule has 0 aliphatic carbocycles. The molecule has 1 N–H and O–H groups in total. The van der Waals surface area contributed by atoms with Crippen LogP contribution in [0.15, 0.2) is 78.9 Å². The topological polar surface area (TPSA) is 73.9 Å². The molecular weight excluding hydrogens is 442 g/mol. The van der Waals surface area contributed by atoms with Crippen LogP contribution in [0, 0.1) is 0 Å². The van der Waals surface area contributed by atoms with Crippen LogP contribution in [0.1, 0.15) is 49.8 Å². The highest BCUT2D eigenvalue weighted by Gasteiger charge is 2.21. The van der Waals surface area contributed by atoms with E-state index in [1.165, 1.54) is 0 Å². The van der Waals surface area contributed by atoms with Gasteiger partial charge in [0.2, 0.25) is 5.91 Å². The van der Waals surface area contributed by atoms with Crippen molar-refractivity contribution >= 4 is 11.9 Å². The van der Waals surface area contributed by atoms with Crippen LogP contribution >= 0.6 is 0 Å². The van der Waals surface area contributed by atoms with Gasteiger partial charge in [-0.15, -0.1) is 0 Å². The molecule has 0 spiro atoms. The van der Waals surface area contributed by atoms with Gasteiger partial charge in [-0.25, -0.2) is 4.79 Å². The molecule has 35 heavy (non-hydrogen) atoms. The van der Waals surface area contributed by atoms with Gasteiger partial charge in [-0.1, -0.05) is 73.7 Å². The first-order valence-corrected chi connectivity index (χ1v) is 11.9. The Labute approximate surface area is 207 Å². The predicted octanol–water partition coefficient (Wildman–Crippen LogP) is 5.41. The maximum Gasteiger partial charge on any atom is 0.328 e. The molecule has 2 atom stereocenters. The van der Waals surface area contributed by atoms with Crippen LogP contribution in [-0.4, -0.2) is 24.5 Å². The van der Waals surface area contributed by atoms with Gasteiger partial charge in [-0.3, -0.25) is 4.79 Å². The number of benzene rings is 3. The summed E-state index contributed by atoms with van der Waals surface area (Å²) in [4.78, 5) is 24.4. The largest absolute Gasteiger partial charge is 0.489 e. The zero-order chi connectivity index (χ0) is 25.0. The zero-order valence-corrected chi connectivity index (χ0v) is 20.5. The van der Waals surface area contributed by atoms with E-state index in [2.05, 4.69) is 5.32 Å². The number of hydrogen-bond donors (Lipinski definition) is 1. The van der Waals surface area contributed by atoms with Crippen molar-refractivity contribution in [3.63, 3.8) is 0 Å². The lowest BCUT2D eigenvalue weighted by Gasteiger charge is -2.19. The SMILES string of the molecule is CCOC(=O)[C@@H](C)NC(=O)CC(C)c1ccc(OCc2ccccc2)cc1OCc1ccccc1. The fraction of sp³-hybridized carbons (Fsp3) is 0.310. The highest BCUT2D eigenvalue weighted by atomic mass is 16.5. The van der Waals surface area contributed by atoms with Crippen LogP contribution in [0.3, 0.4) is 0 Å². The first-order valence-electron chi connectivity index (χ1n) is 11.9. The maximum absolute atomic E-state index is 12.6. The van der Waals surface area contributed by atoms with Crippen LogP contribution in [0.25, 0.3) is 0 Å². The second-order valence-corrected chi connectivity index (χ2v) is 8.39. The summed E-state index contributed by atoms with van der Waals surface area (Å²) in [7, 11) is 0. The summed E-state index contributed by atoms with van der Waals surface area (Å²) in [6.45, 7) is 6.43. The van der Waals surface area contributed by atoms with E-state index >= 15 is 0 Å². The molecule has 0 saturated heterocycles. The predicted molar refractivity (Wildman–Crippen MR) is 135 cm³/mol. The molecule has 6 heteroatoms. The Balaban J connectivity index is 1.72. The van der Waals surface area contributed by atoms with Crippen LogP contribution in [0.5, 0.6) is 11.5 Å². The summed E-state index contributed by atoms with van der Waals surface area (Å²) in [6, 6.07) is 24.9. The van der Waals surface area contributed by atoms with E-state index in [0.29, 0.717) is 24.7 Å². The average Bonchev–Trinajstić information content (AvgIpc) is 2.87. The third kappa shape index (κ3) is 8.18. The minimum atomic E-state index is -0.697. The molecule has 0 bridgehead atoms. The highest BCUT2D eigenvalue weighted by Crippen LogP contribution is 2.33. The average molecular weight is 476 g/mol. The Morgan fingerprint density at radius 1 is 0.829 bits per heavy atom. The van der Waals surface area contributed by atoms with Crippen molar-refractivity contribution in [3.05, 3.63) is 95.6 Å². The summed E-state index contributed by atoms with van der Waals surface area (Å²) in [5.74, 6) is 0.543. The summed E-state index contributed by atoms with van der Waals surface area (Å²) in [5.41, 5.74) is 3.01. The van der Waals surface area contributed by atoms with Gasteiger partial charge < -0.3 is 19.5 Å². The minimum absolute atomic E-state index is 0.140. The molecule has 1 unspecified atom stereocenters. The molecule has 6 nitrogen and oxygen atoms in total. The lowest BCUT2D eigenvalue weighted by Crippen LogP contribution is -2.39. The Kier molecular flexibility index (Phi) is 9.72. The van der Waals surface area contributed by atoms with Crippen molar-refractivity contribution in [1.29, 1.82) is 0 Å². The number of amides is 1. The molecule has 0 aliphatic heterocycles. The molecule has 3 aromatic rings. The third-order valence-electron chi connectivity index (χ3n) is 5.51. The first-order chi connectivity index (χ1) is 17.0. The number of hydrogen-bond acceptors (Lipinski definition) is 5. The Bertz CT molecular complexity index is 1080. The van der Waals surface area contributed by atoms with Crippen LogP contribution in [0.2, 0.25) is 0 Å². The second kappa shape index (κ2) is 13.2. The van der Waals surface area contributed by atoms with Gasteiger partial charge in [-0.05, 0) is 42.5 Å². The second-order valence-electron chi connectivity index (χ2n) is 8.39. The van der Waals surface area contributed by atoms with Crippen molar-refractivity contribution in [2.75, 3.05) is 6.61 Å². The molecule has 3 aromatic carbocycles. The van der Waals surface area contributed by atoms with E-state index in [9.17, 15) is 9.59 Å². The summed E-state index contributed by atoms with van der Waals surface area (Å²) >= 11 is 0. The molecule has 184 valence electrons. The number of esters is 1. The van der Waals surface area contributed by atoms with E-state index < -0.39 is 12.0 Å². The van der Waals surface area contributed by atoms with E-state index in [0.717, 1.165) is 16.7 Å². The van der Waals surface area contributed by atoms with Crippen molar-refractivity contribution in [2.45, 2.75) is 52.4 Å². The van der Waals surface area contributed by atoms with Crippen LogP contribution < -0.4 is 14.8 Å². The quantitative estimate of drug-likeness (QED) is 0.355. The zero-order valence-electron chi connectivity index (χ0n) is 20.5. The van der Waals surface area contributed by atoms with Gasteiger partial charge in [0.05, 0.1) is 6.61 Å². The first kappa shape index (κ1) is 25.8. The molecule has 1 amide bonds. The molecule has 0 saturated carbocycles. The standard InChI is InChI=1S/C29H33NO5/c1-4-33-29(32)22(3)30-28(31)17-21(2)26-16-15-25(34-19-23-11-7-5-8-12-23)18-27(26)35-20-24-13-9-6-10-14-24/h5-16,18,21-22H,4,17,19-20H2,1-3H3,(H,30,31)/t21?,22-/m1/s1. The summed E-state index contributed by atoms with van der Waals surface area (Å²) in [6.07, 6.45) is 0.204. The third-order valence-corrected chi connectivity index (χ3v) is 5.51. The van der Waals surface area contributed by atoms with Crippen LogP contribution in [-0.2, 0) is 27.5 Å². The fourth-order valence-electron chi connectivity index (χ4n) is 3.63. The van der Waals surface area contributed by atoms with E-state index in [4.69, 9.17) is 14.2 Å². The van der Waals surface area contributed by atoms with Crippen molar-refractivity contribution < 1.29 is 23.8 Å². The number of nitrogens with one attached hydrogen (secondary N) is 1. The van der Waals surface area contributed by atoms with Crippen LogP contribution in [0.4, 0.5) is 0 Å². The Morgan fingerprint density at radius 3 is 2.03 bits per heavy atom. The minimum Gasteiger partial charge on any atom is -0.489 e. The normalized spacial score (nSPS) is 12.3. The van der Waals surface area contributed by atoms with E-state index in [1.807, 2.05) is 85.8 Å². The summed E-state index contributed by atoms with van der Waals surface area (Å²) in [5, 5.41) is 2.71. The highest BCUT2D eigenvalue weighted by molar-refractivity contribution is 5.84. The van der Waals surface area contributed by atoms with Gasteiger partial charge in [0.1, 0.15) is 30.8 Å². The lowest BCUT2D eigenvalue weighted by molar-refractivity contribution is -0.146. The van der Waals surface area contributed by atoms with Crippen molar-refractivity contribution in [1.82, 2.24) is 5.32 Å². The molecule has 3 rings (SSSR count). The maximum atomic E-state index is 12.6. The van der Waals surface area contributed by atoms with Gasteiger partial charge in [0.15, 0.2) is 0 Å².